The van der Waals surface area contributed by atoms with E-state index in [1.54, 1.807) is 6.92 Å². The number of carbonyl (C=O) groups is 2. The Labute approximate surface area is 76.5 Å². The van der Waals surface area contributed by atoms with Crippen LogP contribution in [0.25, 0.3) is 0 Å². The second kappa shape index (κ2) is 3.64. The van der Waals surface area contributed by atoms with Crippen LogP contribution in [0.1, 0.15) is 19.8 Å². The van der Waals surface area contributed by atoms with Crippen molar-refractivity contribution in [3.63, 3.8) is 0 Å². The van der Waals surface area contributed by atoms with Gasteiger partial charge >= 0.3 is 12.0 Å². The van der Waals surface area contributed by atoms with Crippen LogP contribution in [0.15, 0.2) is 0 Å². The van der Waals surface area contributed by atoms with Gasteiger partial charge in [0.15, 0.2) is 0 Å². The fourth-order valence-electron chi connectivity index (χ4n) is 1.75. The summed E-state index contributed by atoms with van der Waals surface area (Å²) in [6.07, 6.45) is 1.57. The molecule has 0 aromatic rings. The van der Waals surface area contributed by atoms with Crippen LogP contribution in [0.5, 0.6) is 0 Å². The molecule has 1 aliphatic rings. The van der Waals surface area contributed by atoms with Crippen LogP contribution >= 0.6 is 0 Å². The quantitative estimate of drug-likeness (QED) is 0.648. The Kier molecular flexibility index (Phi) is 2.75. The van der Waals surface area contributed by atoms with Crippen molar-refractivity contribution in [3.8, 4) is 0 Å². The molecule has 2 unspecified atom stereocenters. The van der Waals surface area contributed by atoms with Crippen molar-refractivity contribution < 1.29 is 14.7 Å². The van der Waals surface area contributed by atoms with E-state index in [0.717, 1.165) is 12.8 Å². The first-order valence-electron chi connectivity index (χ1n) is 4.33. The smallest absolute Gasteiger partial charge is 0.315 e. The van der Waals surface area contributed by atoms with Crippen molar-refractivity contribution in [2.45, 2.75) is 25.8 Å². The van der Waals surface area contributed by atoms with Gasteiger partial charge in [-0.25, -0.2) is 4.79 Å². The van der Waals surface area contributed by atoms with Gasteiger partial charge in [0, 0.05) is 12.6 Å². The summed E-state index contributed by atoms with van der Waals surface area (Å²) in [5.74, 6) is -1.41. The van der Waals surface area contributed by atoms with Gasteiger partial charge in [-0.2, -0.15) is 0 Å². The number of carboxylic acid groups (broad SMARTS) is 1. The molecule has 74 valence electrons. The molecule has 2 atom stereocenters. The second-order valence-electron chi connectivity index (χ2n) is 3.37. The lowest BCUT2D eigenvalue weighted by Gasteiger charge is -2.25. The van der Waals surface area contributed by atoms with Gasteiger partial charge in [-0.05, 0) is 19.8 Å². The predicted octanol–water partition coefficient (Wildman–Crippen LogP) is 0.250. The molecule has 0 aromatic carbocycles. The number of rotatable bonds is 2. The van der Waals surface area contributed by atoms with Crippen LogP contribution in [0.4, 0.5) is 4.79 Å². The molecule has 3 N–H and O–H groups in total. The highest BCUT2D eigenvalue weighted by molar-refractivity contribution is 5.75. The molecule has 1 heterocycles. The summed E-state index contributed by atoms with van der Waals surface area (Å²) >= 11 is 0. The molecule has 0 saturated carbocycles. The number of nitrogens with zero attached hydrogens (tertiary/aromatic N) is 1. The third-order valence-electron chi connectivity index (χ3n) is 2.55. The summed E-state index contributed by atoms with van der Waals surface area (Å²) in [6, 6.07) is -0.745. The van der Waals surface area contributed by atoms with Gasteiger partial charge in [0.05, 0.1) is 5.92 Å². The SMILES string of the molecule is CC(C(=O)O)C1CCCN1C(N)=O. The molecule has 13 heavy (non-hydrogen) atoms. The van der Waals surface area contributed by atoms with E-state index < -0.39 is 17.9 Å². The molecule has 1 aliphatic heterocycles. The largest absolute Gasteiger partial charge is 0.481 e. The standard InChI is InChI=1S/C8H14N2O3/c1-5(7(11)12)6-3-2-4-10(6)8(9)13/h5-6H,2-4H2,1H3,(H2,9,13)(H,11,12). The Morgan fingerprint density at radius 3 is 2.69 bits per heavy atom. The average molecular weight is 186 g/mol. The summed E-state index contributed by atoms with van der Waals surface area (Å²) < 4.78 is 0. The average Bonchev–Trinajstić information content (AvgIpc) is 2.50. The Hall–Kier alpha value is -1.26. The molecule has 0 radical (unpaired) electrons. The number of amides is 2. The summed E-state index contributed by atoms with van der Waals surface area (Å²) in [7, 11) is 0. The first kappa shape index (κ1) is 9.83. The summed E-state index contributed by atoms with van der Waals surface area (Å²) in [5, 5.41) is 8.76. The molecule has 2 amide bonds. The van der Waals surface area contributed by atoms with Gasteiger partial charge in [0.2, 0.25) is 0 Å². The van der Waals surface area contributed by atoms with Crippen LogP contribution in [0.2, 0.25) is 0 Å². The van der Waals surface area contributed by atoms with E-state index in [1.807, 2.05) is 0 Å². The molecular formula is C8H14N2O3. The minimum atomic E-state index is -0.877. The zero-order valence-corrected chi connectivity index (χ0v) is 7.56. The molecule has 5 nitrogen and oxygen atoms in total. The maximum atomic E-state index is 10.9. The third-order valence-corrected chi connectivity index (χ3v) is 2.55. The maximum absolute atomic E-state index is 10.9. The fourth-order valence-corrected chi connectivity index (χ4v) is 1.75. The molecule has 0 aliphatic carbocycles. The summed E-state index contributed by atoms with van der Waals surface area (Å²) in [5.41, 5.74) is 5.12. The zero-order chi connectivity index (χ0) is 10.0. The zero-order valence-electron chi connectivity index (χ0n) is 7.56. The molecule has 0 bridgehead atoms. The van der Waals surface area contributed by atoms with Crippen molar-refractivity contribution >= 4 is 12.0 Å². The fraction of sp³-hybridized carbons (Fsp3) is 0.750. The van der Waals surface area contributed by atoms with Gasteiger partial charge in [-0.1, -0.05) is 0 Å². The minimum absolute atomic E-state index is 0.227. The number of primary amides is 1. The minimum Gasteiger partial charge on any atom is -0.481 e. The number of hydrogen-bond donors (Lipinski definition) is 2. The molecule has 5 heteroatoms. The van der Waals surface area contributed by atoms with Gasteiger partial charge in [-0.15, -0.1) is 0 Å². The lowest BCUT2D eigenvalue weighted by Crippen LogP contribution is -2.44. The van der Waals surface area contributed by atoms with Gasteiger partial charge in [0.25, 0.3) is 0 Å². The highest BCUT2D eigenvalue weighted by atomic mass is 16.4. The van der Waals surface area contributed by atoms with Crippen LogP contribution in [0, 0.1) is 5.92 Å². The van der Waals surface area contributed by atoms with Gasteiger partial charge < -0.3 is 15.7 Å². The molecule has 1 saturated heterocycles. The number of likely N-dealkylation sites (tertiary alicyclic amines) is 1. The molecule has 1 rings (SSSR count). The Morgan fingerprint density at radius 2 is 2.23 bits per heavy atom. The number of aliphatic carboxylic acids is 1. The normalized spacial score (nSPS) is 24.4. The molecule has 0 aromatic heterocycles. The third kappa shape index (κ3) is 1.91. The highest BCUT2D eigenvalue weighted by Crippen LogP contribution is 2.23. The Bertz CT molecular complexity index is 229. The lowest BCUT2D eigenvalue weighted by molar-refractivity contribution is -0.142. The maximum Gasteiger partial charge on any atom is 0.315 e. The van der Waals surface area contributed by atoms with Crippen LogP contribution in [-0.2, 0) is 4.79 Å². The second-order valence-corrected chi connectivity index (χ2v) is 3.37. The molecule has 1 fully saturated rings. The van der Waals surface area contributed by atoms with E-state index in [1.165, 1.54) is 4.90 Å². The lowest BCUT2D eigenvalue weighted by atomic mass is 10.0. The van der Waals surface area contributed by atoms with Gasteiger partial charge in [-0.3, -0.25) is 4.79 Å². The van der Waals surface area contributed by atoms with Crippen molar-refractivity contribution in [2.75, 3.05) is 6.54 Å². The van der Waals surface area contributed by atoms with Crippen LogP contribution < -0.4 is 5.73 Å². The van der Waals surface area contributed by atoms with E-state index in [0.29, 0.717) is 6.54 Å². The van der Waals surface area contributed by atoms with Crippen molar-refractivity contribution in [2.24, 2.45) is 11.7 Å². The first-order valence-corrected chi connectivity index (χ1v) is 4.33. The van der Waals surface area contributed by atoms with E-state index in [-0.39, 0.29) is 6.04 Å². The molecular weight excluding hydrogens is 172 g/mol. The number of urea groups is 1. The van der Waals surface area contributed by atoms with E-state index in [4.69, 9.17) is 10.8 Å². The first-order chi connectivity index (χ1) is 6.04. The van der Waals surface area contributed by atoms with Crippen molar-refractivity contribution in [3.05, 3.63) is 0 Å². The van der Waals surface area contributed by atoms with Crippen molar-refractivity contribution in [1.82, 2.24) is 4.90 Å². The van der Waals surface area contributed by atoms with Crippen LogP contribution in [0.3, 0.4) is 0 Å². The van der Waals surface area contributed by atoms with Gasteiger partial charge in [0.1, 0.15) is 0 Å². The number of nitrogens with two attached hydrogens (primary N) is 1. The van der Waals surface area contributed by atoms with Crippen LogP contribution in [-0.4, -0.2) is 34.6 Å². The number of carboxylic acids is 1. The Balaban J connectivity index is 2.68. The molecule has 0 spiro atoms. The van der Waals surface area contributed by atoms with E-state index >= 15 is 0 Å². The summed E-state index contributed by atoms with van der Waals surface area (Å²) in [6.45, 7) is 2.19. The number of hydrogen-bond acceptors (Lipinski definition) is 2. The Morgan fingerprint density at radius 1 is 1.62 bits per heavy atom. The monoisotopic (exact) mass is 186 g/mol. The topological polar surface area (TPSA) is 83.6 Å². The van der Waals surface area contributed by atoms with Crippen molar-refractivity contribution in [1.29, 1.82) is 0 Å². The van der Waals surface area contributed by atoms with E-state index in [9.17, 15) is 9.59 Å². The number of carbonyl (C=O) groups excluding carboxylic acids is 1. The summed E-state index contributed by atoms with van der Waals surface area (Å²) in [4.78, 5) is 23.0. The predicted molar refractivity (Wildman–Crippen MR) is 46.1 cm³/mol. The van der Waals surface area contributed by atoms with E-state index in [2.05, 4.69) is 0 Å². The highest BCUT2D eigenvalue weighted by Gasteiger charge is 2.34.